The van der Waals surface area contributed by atoms with Crippen molar-refractivity contribution in [1.29, 1.82) is 0 Å². The van der Waals surface area contributed by atoms with Crippen LogP contribution in [0.3, 0.4) is 0 Å². The Morgan fingerprint density at radius 3 is 2.28 bits per heavy atom. The first kappa shape index (κ1) is 17.6. The monoisotopic (exact) mass is 345 g/mol. The van der Waals surface area contributed by atoms with E-state index in [2.05, 4.69) is 12.2 Å². The minimum absolute atomic E-state index is 0.0699. The third-order valence-electron chi connectivity index (χ3n) is 5.04. The Morgan fingerprint density at radius 2 is 1.72 bits per heavy atom. The zero-order chi connectivity index (χ0) is 17.6. The predicted octanol–water partition coefficient (Wildman–Crippen LogP) is 3.43. The molecule has 0 saturated carbocycles. The molecular weight excluding hydrogens is 318 g/mol. The van der Waals surface area contributed by atoms with Crippen LogP contribution in [0.4, 0.5) is 0 Å². The summed E-state index contributed by atoms with van der Waals surface area (Å²) in [5.41, 5.74) is 0. The van der Waals surface area contributed by atoms with Crippen LogP contribution in [-0.4, -0.2) is 44.2 Å². The summed E-state index contributed by atoms with van der Waals surface area (Å²) < 4.78 is 17.0. The molecule has 5 nitrogen and oxygen atoms in total. The fourth-order valence-electron chi connectivity index (χ4n) is 3.57. The van der Waals surface area contributed by atoms with Gasteiger partial charge < -0.3 is 19.1 Å². The Balaban J connectivity index is 1.58. The van der Waals surface area contributed by atoms with Gasteiger partial charge in [-0.1, -0.05) is 18.2 Å². The van der Waals surface area contributed by atoms with E-state index in [-0.39, 0.29) is 12.0 Å². The van der Waals surface area contributed by atoms with Crippen molar-refractivity contribution in [2.45, 2.75) is 38.2 Å². The molecule has 1 amide bonds. The number of para-hydroxylation sites is 1. The standard InChI is InChI=1S/C20H27NO4/c1-23-17-9-6-10-18(24-2)19(17)25-16-11-13-21(14-12-16)20(22)15-7-4-3-5-8-15/h3-4,6,9-10,15-16H,5,7-8,11-14H2,1-2H3/t15-/m0/s1. The first-order chi connectivity index (χ1) is 12.2. The second-order valence-electron chi connectivity index (χ2n) is 6.62. The maximum atomic E-state index is 12.6. The van der Waals surface area contributed by atoms with Crippen LogP contribution in [0.5, 0.6) is 17.2 Å². The SMILES string of the molecule is COc1cccc(OC)c1OC1CCN(C(=O)[C@H]2CC=CCC2)CC1. The van der Waals surface area contributed by atoms with E-state index in [0.717, 1.165) is 45.2 Å². The molecule has 0 unspecified atom stereocenters. The summed E-state index contributed by atoms with van der Waals surface area (Å²) >= 11 is 0. The number of amides is 1. The smallest absolute Gasteiger partial charge is 0.226 e. The average Bonchev–Trinajstić information content (AvgIpc) is 2.69. The number of benzene rings is 1. The Morgan fingerprint density at radius 1 is 1.04 bits per heavy atom. The van der Waals surface area contributed by atoms with E-state index in [4.69, 9.17) is 14.2 Å². The first-order valence-electron chi connectivity index (χ1n) is 9.04. The number of allylic oxidation sites excluding steroid dienone is 2. The van der Waals surface area contributed by atoms with Gasteiger partial charge in [0.15, 0.2) is 11.5 Å². The van der Waals surface area contributed by atoms with Gasteiger partial charge in [0.05, 0.1) is 14.2 Å². The Hall–Kier alpha value is -2.17. The summed E-state index contributed by atoms with van der Waals surface area (Å²) in [6.45, 7) is 1.50. The molecule has 1 fully saturated rings. The third-order valence-corrected chi connectivity index (χ3v) is 5.04. The van der Waals surface area contributed by atoms with Crippen molar-refractivity contribution in [2.24, 2.45) is 5.92 Å². The van der Waals surface area contributed by atoms with Crippen molar-refractivity contribution >= 4 is 5.91 Å². The lowest BCUT2D eigenvalue weighted by molar-refractivity contribution is -0.137. The molecule has 0 spiro atoms. The van der Waals surface area contributed by atoms with E-state index in [9.17, 15) is 4.79 Å². The number of hydrogen-bond donors (Lipinski definition) is 0. The lowest BCUT2D eigenvalue weighted by Gasteiger charge is -2.35. The van der Waals surface area contributed by atoms with Gasteiger partial charge in [-0.2, -0.15) is 0 Å². The second-order valence-corrected chi connectivity index (χ2v) is 6.62. The number of nitrogens with zero attached hydrogens (tertiary/aromatic N) is 1. The fourth-order valence-corrected chi connectivity index (χ4v) is 3.57. The molecule has 1 atom stereocenters. The number of carbonyl (C=O) groups excluding carboxylic acids is 1. The zero-order valence-corrected chi connectivity index (χ0v) is 15.1. The molecule has 25 heavy (non-hydrogen) atoms. The number of rotatable bonds is 5. The van der Waals surface area contributed by atoms with Gasteiger partial charge in [0.2, 0.25) is 11.7 Å². The summed E-state index contributed by atoms with van der Waals surface area (Å²) in [7, 11) is 3.25. The minimum Gasteiger partial charge on any atom is -0.493 e. The first-order valence-corrected chi connectivity index (χ1v) is 9.04. The van der Waals surface area contributed by atoms with E-state index in [1.165, 1.54) is 0 Å². The summed E-state index contributed by atoms with van der Waals surface area (Å²) in [6, 6.07) is 5.62. The maximum absolute atomic E-state index is 12.6. The number of methoxy groups -OCH3 is 2. The Bertz CT molecular complexity index is 598. The highest BCUT2D eigenvalue weighted by atomic mass is 16.5. The Kier molecular flexibility index (Phi) is 5.84. The van der Waals surface area contributed by atoms with Gasteiger partial charge in [-0.05, 0) is 31.4 Å². The van der Waals surface area contributed by atoms with Crippen molar-refractivity contribution in [3.63, 3.8) is 0 Å². The van der Waals surface area contributed by atoms with Crippen LogP contribution in [0.15, 0.2) is 30.4 Å². The van der Waals surface area contributed by atoms with E-state index in [1.807, 2.05) is 23.1 Å². The zero-order valence-electron chi connectivity index (χ0n) is 15.1. The molecule has 0 aromatic heterocycles. The van der Waals surface area contributed by atoms with Crippen molar-refractivity contribution < 1.29 is 19.0 Å². The number of hydrogen-bond acceptors (Lipinski definition) is 4. The van der Waals surface area contributed by atoms with Crippen molar-refractivity contribution in [2.75, 3.05) is 27.3 Å². The molecule has 0 radical (unpaired) electrons. The van der Waals surface area contributed by atoms with Crippen LogP contribution >= 0.6 is 0 Å². The third kappa shape index (κ3) is 4.09. The molecule has 136 valence electrons. The Labute approximate surface area is 149 Å². The predicted molar refractivity (Wildman–Crippen MR) is 96.3 cm³/mol. The van der Waals surface area contributed by atoms with Gasteiger partial charge >= 0.3 is 0 Å². The molecule has 1 aromatic rings. The lowest BCUT2D eigenvalue weighted by Crippen LogP contribution is -2.44. The summed E-state index contributed by atoms with van der Waals surface area (Å²) in [6.07, 6.45) is 8.91. The molecule has 0 N–H and O–H groups in total. The average molecular weight is 345 g/mol. The highest BCUT2D eigenvalue weighted by Crippen LogP contribution is 2.38. The van der Waals surface area contributed by atoms with E-state index in [0.29, 0.717) is 23.2 Å². The topological polar surface area (TPSA) is 48.0 Å². The molecule has 0 bridgehead atoms. The van der Waals surface area contributed by atoms with Crippen molar-refractivity contribution in [3.8, 4) is 17.2 Å². The largest absolute Gasteiger partial charge is 0.493 e. The summed E-state index contributed by atoms with van der Waals surface area (Å²) in [5.74, 6) is 2.46. The van der Waals surface area contributed by atoms with E-state index in [1.54, 1.807) is 14.2 Å². The molecule has 1 heterocycles. The van der Waals surface area contributed by atoms with E-state index >= 15 is 0 Å². The van der Waals surface area contributed by atoms with Crippen molar-refractivity contribution in [1.82, 2.24) is 4.90 Å². The number of ether oxygens (including phenoxy) is 3. The van der Waals surface area contributed by atoms with Crippen LogP contribution in [0.1, 0.15) is 32.1 Å². The summed E-state index contributed by atoms with van der Waals surface area (Å²) in [4.78, 5) is 14.6. The van der Waals surface area contributed by atoms with E-state index < -0.39 is 0 Å². The summed E-state index contributed by atoms with van der Waals surface area (Å²) in [5, 5.41) is 0. The molecule has 1 aliphatic heterocycles. The van der Waals surface area contributed by atoms with Gasteiger partial charge in [-0.25, -0.2) is 0 Å². The molecule has 2 aliphatic rings. The molecular formula is C20H27NO4. The van der Waals surface area contributed by atoms with Gasteiger partial charge in [-0.3, -0.25) is 4.79 Å². The van der Waals surface area contributed by atoms with Gasteiger partial charge in [-0.15, -0.1) is 0 Å². The fraction of sp³-hybridized carbons (Fsp3) is 0.550. The van der Waals surface area contributed by atoms with Crippen LogP contribution in [0.25, 0.3) is 0 Å². The van der Waals surface area contributed by atoms with Gasteiger partial charge in [0.1, 0.15) is 6.10 Å². The van der Waals surface area contributed by atoms with Crippen LogP contribution in [-0.2, 0) is 4.79 Å². The maximum Gasteiger partial charge on any atom is 0.226 e. The number of carbonyl (C=O) groups is 1. The number of likely N-dealkylation sites (tertiary alicyclic amines) is 1. The minimum atomic E-state index is 0.0699. The molecule has 3 rings (SSSR count). The van der Waals surface area contributed by atoms with Crippen LogP contribution in [0, 0.1) is 5.92 Å². The van der Waals surface area contributed by atoms with Crippen molar-refractivity contribution in [3.05, 3.63) is 30.4 Å². The normalized spacial score (nSPS) is 21.0. The molecule has 5 heteroatoms. The highest BCUT2D eigenvalue weighted by Gasteiger charge is 2.29. The van der Waals surface area contributed by atoms with Crippen LogP contribution in [0.2, 0.25) is 0 Å². The molecule has 1 saturated heterocycles. The highest BCUT2D eigenvalue weighted by molar-refractivity contribution is 5.79. The number of piperidine rings is 1. The van der Waals surface area contributed by atoms with Gasteiger partial charge in [0, 0.05) is 31.8 Å². The second kappa shape index (κ2) is 8.28. The molecule has 1 aromatic carbocycles. The molecule has 1 aliphatic carbocycles. The lowest BCUT2D eigenvalue weighted by atomic mass is 9.92. The van der Waals surface area contributed by atoms with Gasteiger partial charge in [0.25, 0.3) is 0 Å². The van der Waals surface area contributed by atoms with Crippen LogP contribution < -0.4 is 14.2 Å². The quantitative estimate of drug-likeness (QED) is 0.767.